The third-order valence-electron chi connectivity index (χ3n) is 7.78. The van der Waals surface area contributed by atoms with Crippen molar-refractivity contribution in [2.24, 2.45) is 16.7 Å². The van der Waals surface area contributed by atoms with E-state index < -0.39 is 11.4 Å². The van der Waals surface area contributed by atoms with Crippen molar-refractivity contribution >= 4 is 17.0 Å². The van der Waals surface area contributed by atoms with Crippen LogP contribution in [0.1, 0.15) is 63.9 Å². The van der Waals surface area contributed by atoms with Crippen molar-refractivity contribution in [2.75, 3.05) is 13.1 Å². The molecule has 5 heteroatoms. The first-order valence-electron chi connectivity index (χ1n) is 12.5. The lowest BCUT2D eigenvalue weighted by Gasteiger charge is -2.48. The Morgan fingerprint density at radius 2 is 1.94 bits per heavy atom. The minimum atomic E-state index is -0.699. The molecule has 1 saturated heterocycles. The van der Waals surface area contributed by atoms with Gasteiger partial charge in [-0.1, -0.05) is 64.4 Å². The van der Waals surface area contributed by atoms with Gasteiger partial charge in [0, 0.05) is 36.6 Å². The number of likely N-dealkylation sites (tertiary alicyclic amines) is 1. The molecule has 1 fully saturated rings. The van der Waals surface area contributed by atoms with E-state index in [9.17, 15) is 9.90 Å². The second-order valence-corrected chi connectivity index (χ2v) is 11.4. The summed E-state index contributed by atoms with van der Waals surface area (Å²) in [6.07, 6.45) is 2.33. The number of carboxylic acids is 1. The summed E-state index contributed by atoms with van der Waals surface area (Å²) in [6, 6.07) is 12.6. The van der Waals surface area contributed by atoms with Crippen molar-refractivity contribution in [3.05, 3.63) is 53.3 Å². The number of aromatic amines is 1. The predicted octanol–water partition coefficient (Wildman–Crippen LogP) is 6.59. The summed E-state index contributed by atoms with van der Waals surface area (Å²) in [6.45, 7) is 15.1. The van der Waals surface area contributed by atoms with Gasteiger partial charge in [0.1, 0.15) is 0 Å². The van der Waals surface area contributed by atoms with E-state index >= 15 is 0 Å². The number of piperidine rings is 1. The highest BCUT2D eigenvalue weighted by molar-refractivity contribution is 5.95. The Labute approximate surface area is 203 Å². The zero-order chi connectivity index (χ0) is 24.7. The monoisotopic (exact) mass is 461 g/mol. The minimum Gasteiger partial charge on any atom is -0.481 e. The van der Waals surface area contributed by atoms with Crippen LogP contribution in [0, 0.1) is 30.6 Å². The van der Waals surface area contributed by atoms with Gasteiger partial charge in [-0.05, 0) is 55.2 Å². The number of H-pyrrole nitrogens is 1. The Morgan fingerprint density at radius 3 is 2.56 bits per heavy atom. The lowest BCUT2D eigenvalue weighted by Crippen LogP contribution is -2.53. The Kier molecular flexibility index (Phi) is 6.61. The van der Waals surface area contributed by atoms with Crippen molar-refractivity contribution in [1.82, 2.24) is 14.9 Å². The maximum atomic E-state index is 12.6. The van der Waals surface area contributed by atoms with Gasteiger partial charge in [-0.2, -0.15) is 0 Å². The van der Waals surface area contributed by atoms with Crippen LogP contribution in [0.4, 0.5) is 0 Å². The molecule has 1 aromatic carbocycles. The fourth-order valence-corrected chi connectivity index (χ4v) is 5.64. The van der Waals surface area contributed by atoms with Crippen LogP contribution in [0.3, 0.4) is 0 Å². The van der Waals surface area contributed by atoms with Crippen molar-refractivity contribution < 1.29 is 9.90 Å². The third kappa shape index (κ3) is 4.63. The van der Waals surface area contributed by atoms with Gasteiger partial charge >= 0.3 is 5.97 Å². The molecule has 3 aromatic rings. The molecule has 0 bridgehead atoms. The number of nitrogens with zero attached hydrogens (tertiary/aromatic N) is 2. The molecule has 5 nitrogen and oxygen atoms in total. The molecule has 0 saturated carbocycles. The van der Waals surface area contributed by atoms with Gasteiger partial charge in [0.2, 0.25) is 0 Å². The number of aliphatic carboxylic acids is 1. The number of carbonyl (C=O) groups is 1. The maximum Gasteiger partial charge on any atom is 0.310 e. The number of nitrogens with one attached hydrogen (secondary N) is 1. The summed E-state index contributed by atoms with van der Waals surface area (Å²) >= 11 is 0. The standard InChI is InChI=1S/C29H39N3O2/c1-7-13-29(27(33)34)15-22(28(4,5)6)16-32(18-29)17-24-25(21-11-9-8-10-12-21)26-23(31-24)14-19(2)20(3)30-26/h8-12,14,22,31H,7,13,15-18H2,1-6H3,(H,33,34)/t22-,29-/m1/s1. The Bertz CT molecular complexity index is 1180. The molecular formula is C29H39N3O2. The molecule has 0 aliphatic carbocycles. The first-order chi connectivity index (χ1) is 16.0. The highest BCUT2D eigenvalue weighted by atomic mass is 16.4. The normalized spacial score (nSPS) is 21.8. The Hall–Kier alpha value is -2.66. The molecule has 34 heavy (non-hydrogen) atoms. The third-order valence-corrected chi connectivity index (χ3v) is 7.78. The molecule has 0 radical (unpaired) electrons. The Morgan fingerprint density at radius 1 is 1.24 bits per heavy atom. The average molecular weight is 462 g/mol. The molecular weight excluding hydrogens is 422 g/mol. The molecule has 1 aliphatic rings. The number of aromatic nitrogens is 2. The summed E-state index contributed by atoms with van der Waals surface area (Å²) in [4.78, 5) is 23.6. The number of benzene rings is 1. The first kappa shape index (κ1) is 24.5. The second-order valence-electron chi connectivity index (χ2n) is 11.4. The van der Waals surface area contributed by atoms with Crippen molar-refractivity contribution in [1.29, 1.82) is 0 Å². The van der Waals surface area contributed by atoms with Crippen LogP contribution in [-0.4, -0.2) is 39.0 Å². The fourth-order valence-electron chi connectivity index (χ4n) is 5.64. The first-order valence-corrected chi connectivity index (χ1v) is 12.5. The van der Waals surface area contributed by atoms with Crippen molar-refractivity contribution in [3.63, 3.8) is 0 Å². The van der Waals surface area contributed by atoms with Gasteiger partial charge in [-0.15, -0.1) is 0 Å². The molecule has 2 N–H and O–H groups in total. The number of pyridine rings is 1. The zero-order valence-electron chi connectivity index (χ0n) is 21.5. The molecule has 4 rings (SSSR count). The zero-order valence-corrected chi connectivity index (χ0v) is 21.5. The Balaban J connectivity index is 1.79. The summed E-state index contributed by atoms with van der Waals surface area (Å²) < 4.78 is 0. The predicted molar refractivity (Wildman–Crippen MR) is 139 cm³/mol. The maximum absolute atomic E-state index is 12.6. The van der Waals surface area contributed by atoms with Gasteiger partial charge in [0.25, 0.3) is 0 Å². The number of hydrogen-bond acceptors (Lipinski definition) is 3. The van der Waals surface area contributed by atoms with Gasteiger partial charge in [0.05, 0.1) is 16.4 Å². The SMILES string of the molecule is CCC[C@@]1(C(=O)O)C[C@@H](C(C)(C)C)CN(Cc2[nH]c3cc(C)c(C)nc3c2-c2ccccc2)C1. The van der Waals surface area contributed by atoms with Crippen LogP contribution >= 0.6 is 0 Å². The molecule has 0 unspecified atom stereocenters. The minimum absolute atomic E-state index is 0.0472. The molecule has 2 atom stereocenters. The fraction of sp³-hybridized carbons (Fsp3) is 0.517. The summed E-state index contributed by atoms with van der Waals surface area (Å²) in [5.41, 5.74) is 6.97. The molecule has 182 valence electrons. The number of carboxylic acid groups (broad SMARTS) is 1. The summed E-state index contributed by atoms with van der Waals surface area (Å²) in [5, 5.41) is 10.4. The van der Waals surface area contributed by atoms with Crippen LogP contribution in [0.5, 0.6) is 0 Å². The van der Waals surface area contributed by atoms with Crippen LogP contribution in [0.25, 0.3) is 22.2 Å². The van der Waals surface area contributed by atoms with Crippen molar-refractivity contribution in [2.45, 2.75) is 67.3 Å². The van der Waals surface area contributed by atoms with Crippen molar-refractivity contribution in [3.8, 4) is 11.1 Å². The second kappa shape index (κ2) is 9.18. The molecule has 0 amide bonds. The van der Waals surface area contributed by atoms with E-state index in [1.807, 2.05) is 6.07 Å². The average Bonchev–Trinajstić information content (AvgIpc) is 3.10. The largest absolute Gasteiger partial charge is 0.481 e. The highest BCUT2D eigenvalue weighted by Crippen LogP contribution is 2.45. The number of aryl methyl sites for hydroxylation is 2. The van der Waals surface area contributed by atoms with Crippen LogP contribution in [0.15, 0.2) is 36.4 Å². The summed E-state index contributed by atoms with van der Waals surface area (Å²) in [5.74, 6) is -0.336. The molecule has 0 spiro atoms. The van der Waals surface area contributed by atoms with Gasteiger partial charge < -0.3 is 10.1 Å². The van der Waals surface area contributed by atoms with E-state index in [-0.39, 0.29) is 5.41 Å². The van der Waals surface area contributed by atoms with E-state index in [1.54, 1.807) is 0 Å². The van der Waals surface area contributed by atoms with Crippen LogP contribution < -0.4 is 0 Å². The van der Waals surface area contributed by atoms with Crippen LogP contribution in [0.2, 0.25) is 0 Å². The summed E-state index contributed by atoms with van der Waals surface area (Å²) in [7, 11) is 0. The molecule has 2 aromatic heterocycles. The van der Waals surface area contributed by atoms with E-state index in [2.05, 4.69) is 81.8 Å². The molecule has 1 aliphatic heterocycles. The number of hydrogen-bond donors (Lipinski definition) is 2. The van der Waals surface area contributed by atoms with E-state index in [1.165, 1.54) is 5.56 Å². The quantitative estimate of drug-likeness (QED) is 0.435. The van der Waals surface area contributed by atoms with Gasteiger partial charge in [0.15, 0.2) is 0 Å². The van der Waals surface area contributed by atoms with E-state index in [0.717, 1.165) is 52.9 Å². The lowest BCUT2D eigenvalue weighted by molar-refractivity contribution is -0.157. The highest BCUT2D eigenvalue weighted by Gasteiger charge is 2.47. The van der Waals surface area contributed by atoms with Gasteiger partial charge in [-0.3, -0.25) is 14.7 Å². The lowest BCUT2D eigenvalue weighted by atomic mass is 9.65. The van der Waals surface area contributed by atoms with E-state index in [0.29, 0.717) is 25.4 Å². The van der Waals surface area contributed by atoms with Gasteiger partial charge in [-0.25, -0.2) is 0 Å². The smallest absolute Gasteiger partial charge is 0.310 e. The van der Waals surface area contributed by atoms with Crippen LogP contribution in [-0.2, 0) is 11.3 Å². The van der Waals surface area contributed by atoms with E-state index in [4.69, 9.17) is 4.98 Å². The topological polar surface area (TPSA) is 69.2 Å². The molecule has 3 heterocycles. The number of fused-ring (bicyclic) bond motifs is 1. The number of rotatable bonds is 6.